The van der Waals surface area contributed by atoms with Crippen LogP contribution in [0.3, 0.4) is 0 Å². The number of ether oxygens (including phenoxy) is 1. The topological polar surface area (TPSA) is 53.1 Å². The van der Waals surface area contributed by atoms with Crippen LogP contribution >= 0.6 is 0 Å². The summed E-state index contributed by atoms with van der Waals surface area (Å²) in [4.78, 5) is 0. The first-order valence-electron chi connectivity index (χ1n) is 6.74. The zero-order valence-corrected chi connectivity index (χ0v) is 11.8. The quantitative estimate of drug-likeness (QED) is 0.882. The third-order valence-electron chi connectivity index (χ3n) is 3.19. The van der Waals surface area contributed by atoms with Gasteiger partial charge in [0.15, 0.2) is 11.6 Å². The molecule has 2 N–H and O–H groups in total. The molecule has 0 fully saturated rings. The van der Waals surface area contributed by atoms with Crippen molar-refractivity contribution in [1.29, 1.82) is 0 Å². The van der Waals surface area contributed by atoms with Crippen LogP contribution in [0.2, 0.25) is 0 Å². The molecule has 1 aromatic carbocycles. The summed E-state index contributed by atoms with van der Waals surface area (Å²) in [5.41, 5.74) is 7.51. The highest BCUT2D eigenvalue weighted by atomic mass is 19.1. The molecule has 0 saturated heterocycles. The number of rotatable bonds is 6. The first-order valence-corrected chi connectivity index (χ1v) is 6.74. The second-order valence-electron chi connectivity index (χ2n) is 4.87. The largest absolute Gasteiger partial charge is 0.484 e. The summed E-state index contributed by atoms with van der Waals surface area (Å²) in [7, 11) is 1.83. The average Bonchev–Trinajstić information content (AvgIpc) is 2.83. The molecule has 1 unspecified atom stereocenters. The monoisotopic (exact) mass is 277 g/mol. The Labute approximate surface area is 118 Å². The number of aromatic nitrogens is 2. The molecule has 4 nitrogen and oxygen atoms in total. The van der Waals surface area contributed by atoms with E-state index in [0.717, 1.165) is 17.7 Å². The van der Waals surface area contributed by atoms with Gasteiger partial charge in [-0.15, -0.1) is 0 Å². The highest BCUT2D eigenvalue weighted by Gasteiger charge is 2.13. The maximum absolute atomic E-state index is 13.9. The van der Waals surface area contributed by atoms with Crippen LogP contribution in [0.5, 0.6) is 5.75 Å². The van der Waals surface area contributed by atoms with Crippen molar-refractivity contribution in [1.82, 2.24) is 9.78 Å². The van der Waals surface area contributed by atoms with Gasteiger partial charge in [0, 0.05) is 19.3 Å². The fraction of sp³-hybridized carbons (Fsp3) is 0.400. The molecule has 0 spiro atoms. The molecule has 1 aromatic heterocycles. The number of benzene rings is 1. The molecule has 0 aliphatic heterocycles. The van der Waals surface area contributed by atoms with Crippen molar-refractivity contribution in [2.45, 2.75) is 32.4 Å². The maximum Gasteiger partial charge on any atom is 0.165 e. The molecule has 0 aliphatic rings. The third kappa shape index (κ3) is 3.57. The number of hydrogen-bond acceptors (Lipinski definition) is 3. The fourth-order valence-electron chi connectivity index (χ4n) is 1.99. The molecule has 1 atom stereocenters. The Hall–Kier alpha value is -1.88. The third-order valence-corrected chi connectivity index (χ3v) is 3.19. The van der Waals surface area contributed by atoms with Gasteiger partial charge in [-0.3, -0.25) is 4.68 Å². The SMILES string of the molecule is CCC(N)Cc1cccc(F)c1OCc1ccn(C)n1. The van der Waals surface area contributed by atoms with Crippen LogP contribution < -0.4 is 10.5 Å². The van der Waals surface area contributed by atoms with Crippen LogP contribution in [0.15, 0.2) is 30.5 Å². The van der Waals surface area contributed by atoms with Crippen molar-refractivity contribution in [3.05, 3.63) is 47.5 Å². The smallest absolute Gasteiger partial charge is 0.165 e. The van der Waals surface area contributed by atoms with Crippen molar-refractivity contribution < 1.29 is 9.13 Å². The van der Waals surface area contributed by atoms with Gasteiger partial charge in [-0.05, 0) is 30.5 Å². The van der Waals surface area contributed by atoms with Crippen molar-refractivity contribution in [3.63, 3.8) is 0 Å². The minimum absolute atomic E-state index is 0.00833. The lowest BCUT2D eigenvalue weighted by atomic mass is 10.0. The van der Waals surface area contributed by atoms with Gasteiger partial charge >= 0.3 is 0 Å². The normalized spacial score (nSPS) is 12.4. The van der Waals surface area contributed by atoms with E-state index in [0.29, 0.717) is 6.42 Å². The fourth-order valence-corrected chi connectivity index (χ4v) is 1.99. The van der Waals surface area contributed by atoms with Crippen molar-refractivity contribution in [2.24, 2.45) is 12.8 Å². The summed E-state index contributed by atoms with van der Waals surface area (Å²) >= 11 is 0. The van der Waals surface area contributed by atoms with Gasteiger partial charge in [0.05, 0.1) is 5.69 Å². The Bertz CT molecular complexity index is 568. The number of aryl methyl sites for hydroxylation is 1. The molecular weight excluding hydrogens is 257 g/mol. The minimum Gasteiger partial charge on any atom is -0.484 e. The summed E-state index contributed by atoms with van der Waals surface area (Å²) in [6, 6.07) is 6.79. The molecule has 2 aromatic rings. The van der Waals surface area contributed by atoms with Crippen LogP contribution in [0.25, 0.3) is 0 Å². The number of nitrogens with two attached hydrogens (primary N) is 1. The lowest BCUT2D eigenvalue weighted by Gasteiger charge is -2.14. The molecule has 0 aliphatic carbocycles. The van der Waals surface area contributed by atoms with E-state index in [9.17, 15) is 4.39 Å². The molecule has 0 amide bonds. The van der Waals surface area contributed by atoms with E-state index in [4.69, 9.17) is 10.5 Å². The maximum atomic E-state index is 13.9. The van der Waals surface area contributed by atoms with Gasteiger partial charge < -0.3 is 10.5 Å². The Kier molecular flexibility index (Phi) is 4.74. The zero-order chi connectivity index (χ0) is 14.5. The van der Waals surface area contributed by atoms with Crippen LogP contribution in [-0.4, -0.2) is 15.8 Å². The molecule has 0 radical (unpaired) electrons. The van der Waals surface area contributed by atoms with Gasteiger partial charge in [0.25, 0.3) is 0 Å². The van der Waals surface area contributed by atoms with E-state index >= 15 is 0 Å². The first-order chi connectivity index (χ1) is 9.60. The molecule has 5 heteroatoms. The van der Waals surface area contributed by atoms with E-state index in [1.165, 1.54) is 6.07 Å². The van der Waals surface area contributed by atoms with Crippen LogP contribution in [0.1, 0.15) is 24.6 Å². The molecule has 108 valence electrons. The van der Waals surface area contributed by atoms with Gasteiger partial charge in [0.2, 0.25) is 0 Å². The van der Waals surface area contributed by atoms with Gasteiger partial charge in [-0.2, -0.15) is 5.10 Å². The van der Waals surface area contributed by atoms with Crippen molar-refractivity contribution in [2.75, 3.05) is 0 Å². The van der Waals surface area contributed by atoms with Gasteiger partial charge in [-0.1, -0.05) is 19.1 Å². The predicted octanol–water partition coefficient (Wildman–Crippen LogP) is 2.42. The summed E-state index contributed by atoms with van der Waals surface area (Å²) in [6.07, 6.45) is 3.27. The Morgan fingerprint density at radius 1 is 1.40 bits per heavy atom. The minimum atomic E-state index is -0.360. The Morgan fingerprint density at radius 2 is 2.20 bits per heavy atom. The second kappa shape index (κ2) is 6.52. The number of para-hydroxylation sites is 1. The second-order valence-corrected chi connectivity index (χ2v) is 4.87. The molecule has 20 heavy (non-hydrogen) atoms. The number of hydrogen-bond donors (Lipinski definition) is 1. The van der Waals surface area contributed by atoms with Crippen LogP contribution in [0, 0.1) is 5.82 Å². The summed E-state index contributed by atoms with van der Waals surface area (Å²) in [5.74, 6) is -0.0798. The first kappa shape index (κ1) is 14.5. The Balaban J connectivity index is 2.12. The van der Waals surface area contributed by atoms with Gasteiger partial charge in [0.1, 0.15) is 6.61 Å². The standard InChI is InChI=1S/C15H20FN3O/c1-3-12(17)9-11-5-4-6-14(16)15(11)20-10-13-7-8-19(2)18-13/h4-8,12H,3,9-10,17H2,1-2H3. The predicted molar refractivity (Wildman–Crippen MR) is 75.9 cm³/mol. The summed E-state index contributed by atoms with van der Waals surface area (Å²) in [6.45, 7) is 2.26. The van der Waals surface area contributed by atoms with Crippen molar-refractivity contribution >= 4 is 0 Å². The molecular formula is C15H20FN3O. The van der Waals surface area contributed by atoms with E-state index in [1.807, 2.05) is 32.3 Å². The lowest BCUT2D eigenvalue weighted by molar-refractivity contribution is 0.281. The van der Waals surface area contributed by atoms with E-state index in [1.54, 1.807) is 10.7 Å². The van der Waals surface area contributed by atoms with Crippen LogP contribution in [0.4, 0.5) is 4.39 Å². The van der Waals surface area contributed by atoms with E-state index in [-0.39, 0.29) is 24.2 Å². The van der Waals surface area contributed by atoms with Crippen molar-refractivity contribution in [3.8, 4) is 5.75 Å². The average molecular weight is 277 g/mol. The number of nitrogens with zero attached hydrogens (tertiary/aromatic N) is 2. The Morgan fingerprint density at radius 3 is 2.85 bits per heavy atom. The molecule has 0 bridgehead atoms. The summed E-state index contributed by atoms with van der Waals surface area (Å²) < 4.78 is 21.2. The van der Waals surface area contributed by atoms with Crippen LogP contribution in [-0.2, 0) is 20.1 Å². The zero-order valence-electron chi connectivity index (χ0n) is 11.8. The van der Waals surface area contributed by atoms with Gasteiger partial charge in [-0.25, -0.2) is 4.39 Å². The number of halogens is 1. The van der Waals surface area contributed by atoms with E-state index in [2.05, 4.69) is 5.10 Å². The lowest BCUT2D eigenvalue weighted by Crippen LogP contribution is -2.22. The van der Waals surface area contributed by atoms with E-state index < -0.39 is 0 Å². The highest BCUT2D eigenvalue weighted by molar-refractivity contribution is 5.35. The molecule has 1 heterocycles. The molecule has 2 rings (SSSR count). The molecule has 0 saturated carbocycles. The highest BCUT2D eigenvalue weighted by Crippen LogP contribution is 2.25. The summed E-state index contributed by atoms with van der Waals surface area (Å²) in [5, 5.41) is 4.21.